The fourth-order valence-electron chi connectivity index (χ4n) is 2.69. The molecule has 0 aliphatic carbocycles. The standard InChI is InChI=1S/C17H19ClN2O/c1-20(2)16-8-7-12(18)11-15(16)19-14-9-10-21-17-6-4-3-5-13(14)17/h3-8,11,14,19H,9-10H2,1-2H3. The van der Waals surface area contributed by atoms with E-state index in [4.69, 9.17) is 16.3 Å². The minimum absolute atomic E-state index is 0.243. The zero-order chi connectivity index (χ0) is 14.8. The molecule has 110 valence electrons. The summed E-state index contributed by atoms with van der Waals surface area (Å²) in [6.07, 6.45) is 0.941. The van der Waals surface area contributed by atoms with Crippen molar-refractivity contribution in [1.82, 2.24) is 0 Å². The van der Waals surface area contributed by atoms with Crippen molar-refractivity contribution in [2.45, 2.75) is 12.5 Å². The Balaban J connectivity index is 1.93. The quantitative estimate of drug-likeness (QED) is 0.912. The molecule has 0 radical (unpaired) electrons. The van der Waals surface area contributed by atoms with Gasteiger partial charge in [0.05, 0.1) is 24.0 Å². The zero-order valence-corrected chi connectivity index (χ0v) is 13.0. The molecular formula is C17H19ClN2O. The molecule has 0 spiro atoms. The summed E-state index contributed by atoms with van der Waals surface area (Å²) < 4.78 is 5.72. The number of hydrogen-bond acceptors (Lipinski definition) is 3. The number of nitrogens with one attached hydrogen (secondary N) is 1. The van der Waals surface area contributed by atoms with Gasteiger partial charge in [0.25, 0.3) is 0 Å². The average Bonchev–Trinajstić information content (AvgIpc) is 2.47. The number of ether oxygens (including phenoxy) is 1. The number of benzene rings is 2. The van der Waals surface area contributed by atoms with Gasteiger partial charge in [-0.05, 0) is 24.3 Å². The van der Waals surface area contributed by atoms with Crippen molar-refractivity contribution in [2.24, 2.45) is 0 Å². The smallest absolute Gasteiger partial charge is 0.124 e. The van der Waals surface area contributed by atoms with Gasteiger partial charge in [-0.3, -0.25) is 0 Å². The molecule has 0 saturated carbocycles. The van der Waals surface area contributed by atoms with Gasteiger partial charge in [0.1, 0.15) is 5.75 Å². The zero-order valence-electron chi connectivity index (χ0n) is 12.3. The topological polar surface area (TPSA) is 24.5 Å². The first-order chi connectivity index (χ1) is 10.1. The summed E-state index contributed by atoms with van der Waals surface area (Å²) in [5, 5.41) is 4.36. The van der Waals surface area contributed by atoms with E-state index in [9.17, 15) is 0 Å². The number of para-hydroxylation sites is 1. The largest absolute Gasteiger partial charge is 0.493 e. The second-order valence-electron chi connectivity index (χ2n) is 5.43. The highest BCUT2D eigenvalue weighted by atomic mass is 35.5. The van der Waals surface area contributed by atoms with E-state index in [2.05, 4.69) is 16.3 Å². The van der Waals surface area contributed by atoms with Crippen molar-refractivity contribution >= 4 is 23.0 Å². The maximum atomic E-state index is 6.16. The van der Waals surface area contributed by atoms with Crippen LogP contribution in [0.2, 0.25) is 5.02 Å². The molecule has 0 amide bonds. The highest BCUT2D eigenvalue weighted by molar-refractivity contribution is 6.31. The van der Waals surface area contributed by atoms with Crippen LogP contribution in [0.3, 0.4) is 0 Å². The Hall–Kier alpha value is -1.87. The predicted molar refractivity (Wildman–Crippen MR) is 88.7 cm³/mol. The summed E-state index contributed by atoms with van der Waals surface area (Å²) in [6, 6.07) is 14.4. The van der Waals surface area contributed by atoms with Gasteiger partial charge in [-0.15, -0.1) is 0 Å². The Kier molecular flexibility index (Phi) is 3.93. The lowest BCUT2D eigenvalue weighted by molar-refractivity contribution is 0.274. The Labute approximate surface area is 130 Å². The van der Waals surface area contributed by atoms with Crippen molar-refractivity contribution in [1.29, 1.82) is 0 Å². The Morgan fingerprint density at radius 2 is 2.00 bits per heavy atom. The summed E-state index contributed by atoms with van der Waals surface area (Å²) in [6.45, 7) is 0.729. The molecule has 3 rings (SSSR count). The van der Waals surface area contributed by atoms with E-state index in [1.54, 1.807) is 0 Å². The lowest BCUT2D eigenvalue weighted by Crippen LogP contribution is -2.21. The molecule has 0 aromatic heterocycles. The first-order valence-electron chi connectivity index (χ1n) is 7.10. The summed E-state index contributed by atoms with van der Waals surface area (Å²) in [4.78, 5) is 2.09. The third-order valence-corrected chi connectivity index (χ3v) is 3.96. The van der Waals surface area contributed by atoms with Crippen LogP contribution < -0.4 is 15.0 Å². The molecule has 1 atom stereocenters. The monoisotopic (exact) mass is 302 g/mol. The van der Waals surface area contributed by atoms with E-state index in [1.165, 1.54) is 5.56 Å². The van der Waals surface area contributed by atoms with Crippen LogP contribution in [0.1, 0.15) is 18.0 Å². The molecule has 1 aliphatic rings. The van der Waals surface area contributed by atoms with Gasteiger partial charge in [0.15, 0.2) is 0 Å². The molecule has 2 aromatic carbocycles. The Morgan fingerprint density at radius 3 is 2.81 bits per heavy atom. The third-order valence-electron chi connectivity index (χ3n) is 3.73. The number of halogens is 1. The van der Waals surface area contributed by atoms with Crippen molar-refractivity contribution in [3.8, 4) is 5.75 Å². The summed E-state index contributed by atoms with van der Waals surface area (Å²) >= 11 is 6.16. The normalized spacial score (nSPS) is 16.8. The fraction of sp³-hybridized carbons (Fsp3) is 0.294. The van der Waals surface area contributed by atoms with Crippen LogP contribution in [-0.2, 0) is 0 Å². The maximum absolute atomic E-state index is 6.16. The first-order valence-corrected chi connectivity index (χ1v) is 7.48. The molecule has 1 unspecified atom stereocenters. The van der Waals surface area contributed by atoms with Gasteiger partial charge in [-0.1, -0.05) is 29.8 Å². The predicted octanol–water partition coefficient (Wildman–Crippen LogP) is 4.34. The molecular weight excluding hydrogens is 284 g/mol. The van der Waals surface area contributed by atoms with E-state index >= 15 is 0 Å². The molecule has 1 heterocycles. The fourth-order valence-corrected chi connectivity index (χ4v) is 2.87. The molecule has 21 heavy (non-hydrogen) atoms. The van der Waals surface area contributed by atoms with Crippen LogP contribution in [0.15, 0.2) is 42.5 Å². The molecule has 1 aliphatic heterocycles. The minimum atomic E-state index is 0.243. The Morgan fingerprint density at radius 1 is 1.19 bits per heavy atom. The van der Waals surface area contributed by atoms with E-state index in [-0.39, 0.29) is 6.04 Å². The van der Waals surface area contributed by atoms with Crippen molar-refractivity contribution < 1.29 is 4.74 Å². The summed E-state index contributed by atoms with van der Waals surface area (Å²) in [5.74, 6) is 0.967. The highest BCUT2D eigenvalue weighted by Crippen LogP contribution is 2.37. The summed E-state index contributed by atoms with van der Waals surface area (Å²) in [7, 11) is 4.07. The van der Waals surface area contributed by atoms with Crippen molar-refractivity contribution in [3.05, 3.63) is 53.1 Å². The number of hydrogen-bond donors (Lipinski definition) is 1. The van der Waals surface area contributed by atoms with Crippen LogP contribution >= 0.6 is 11.6 Å². The molecule has 3 nitrogen and oxygen atoms in total. The number of anilines is 2. The van der Waals surface area contributed by atoms with Crippen molar-refractivity contribution in [2.75, 3.05) is 30.9 Å². The van der Waals surface area contributed by atoms with Crippen LogP contribution in [0.25, 0.3) is 0 Å². The van der Waals surface area contributed by atoms with Gasteiger partial charge in [-0.25, -0.2) is 0 Å². The molecule has 0 fully saturated rings. The van der Waals surface area contributed by atoms with Gasteiger partial charge < -0.3 is 15.0 Å². The van der Waals surface area contributed by atoms with Crippen LogP contribution in [-0.4, -0.2) is 20.7 Å². The lowest BCUT2D eigenvalue weighted by Gasteiger charge is -2.29. The molecule has 2 aromatic rings. The number of rotatable bonds is 3. The third kappa shape index (κ3) is 2.93. The molecule has 0 saturated heterocycles. The van der Waals surface area contributed by atoms with E-state index in [1.807, 2.05) is 50.5 Å². The second-order valence-corrected chi connectivity index (χ2v) is 5.86. The molecule has 4 heteroatoms. The molecule has 0 bridgehead atoms. The van der Waals surface area contributed by atoms with Crippen LogP contribution in [0.5, 0.6) is 5.75 Å². The average molecular weight is 303 g/mol. The van der Waals surface area contributed by atoms with E-state index < -0.39 is 0 Å². The Bertz CT molecular complexity index is 642. The van der Waals surface area contributed by atoms with Gasteiger partial charge in [0, 0.05) is 31.1 Å². The number of nitrogens with zero attached hydrogens (tertiary/aromatic N) is 1. The maximum Gasteiger partial charge on any atom is 0.124 e. The number of fused-ring (bicyclic) bond motifs is 1. The van der Waals surface area contributed by atoms with Gasteiger partial charge in [-0.2, -0.15) is 0 Å². The van der Waals surface area contributed by atoms with Crippen LogP contribution in [0.4, 0.5) is 11.4 Å². The highest BCUT2D eigenvalue weighted by Gasteiger charge is 2.21. The van der Waals surface area contributed by atoms with Gasteiger partial charge in [0.2, 0.25) is 0 Å². The molecule has 1 N–H and O–H groups in total. The van der Waals surface area contributed by atoms with E-state index in [0.29, 0.717) is 0 Å². The van der Waals surface area contributed by atoms with Crippen LogP contribution in [0, 0.1) is 0 Å². The van der Waals surface area contributed by atoms with E-state index in [0.717, 1.165) is 35.2 Å². The first kappa shape index (κ1) is 14.1. The minimum Gasteiger partial charge on any atom is -0.493 e. The SMILES string of the molecule is CN(C)c1ccc(Cl)cc1NC1CCOc2ccccc21. The summed E-state index contributed by atoms with van der Waals surface area (Å²) in [5.41, 5.74) is 3.38. The second kappa shape index (κ2) is 5.86. The lowest BCUT2D eigenvalue weighted by atomic mass is 10.00. The van der Waals surface area contributed by atoms with Gasteiger partial charge >= 0.3 is 0 Å². The van der Waals surface area contributed by atoms with Crippen molar-refractivity contribution in [3.63, 3.8) is 0 Å².